The van der Waals surface area contributed by atoms with Crippen molar-refractivity contribution in [2.75, 3.05) is 12.3 Å². The van der Waals surface area contributed by atoms with Crippen molar-refractivity contribution in [1.29, 1.82) is 0 Å². The van der Waals surface area contributed by atoms with Crippen LogP contribution in [0.25, 0.3) is 0 Å². The van der Waals surface area contributed by atoms with Crippen LogP contribution in [0.4, 0.5) is 0 Å². The Morgan fingerprint density at radius 2 is 1.86 bits per heavy atom. The second-order valence-corrected chi connectivity index (χ2v) is 6.66. The normalized spacial score (nSPS) is 12.4. The van der Waals surface area contributed by atoms with E-state index in [1.165, 1.54) is 16.7 Å². The molecule has 0 aliphatic heterocycles. The van der Waals surface area contributed by atoms with Crippen LogP contribution in [-0.4, -0.2) is 12.3 Å². The minimum atomic E-state index is 0.343. The Hall–Kier alpha value is -0.960. The number of halogens is 1. The molecule has 2 rings (SSSR count). The van der Waals surface area contributed by atoms with Gasteiger partial charge in [0.05, 0.1) is 5.02 Å². The van der Waals surface area contributed by atoms with Gasteiger partial charge in [-0.25, -0.2) is 0 Å². The minimum Gasteiger partial charge on any atom is -0.309 e. The Bertz CT molecular complexity index is 598. The van der Waals surface area contributed by atoms with E-state index in [2.05, 4.69) is 50.4 Å². The molecule has 2 aromatic rings. The van der Waals surface area contributed by atoms with Crippen molar-refractivity contribution < 1.29 is 0 Å². The smallest absolute Gasteiger partial charge is 0.0541 e. The zero-order chi connectivity index (χ0) is 15.2. The Morgan fingerprint density at radius 1 is 1.10 bits per heavy atom. The van der Waals surface area contributed by atoms with Gasteiger partial charge in [-0.05, 0) is 49.2 Å². The van der Waals surface area contributed by atoms with E-state index in [0.29, 0.717) is 6.04 Å². The summed E-state index contributed by atoms with van der Waals surface area (Å²) in [6.07, 6.45) is 0. The molecule has 0 aromatic heterocycles. The van der Waals surface area contributed by atoms with Crippen LogP contribution in [0, 0.1) is 13.8 Å². The van der Waals surface area contributed by atoms with Crippen molar-refractivity contribution in [2.24, 2.45) is 0 Å². The average Bonchev–Trinajstić information content (AvgIpc) is 2.48. The number of rotatable bonds is 6. The third kappa shape index (κ3) is 4.50. The van der Waals surface area contributed by atoms with Gasteiger partial charge in [-0.1, -0.05) is 48.9 Å². The highest BCUT2D eigenvalue weighted by molar-refractivity contribution is 7.99. The first kappa shape index (κ1) is 16.4. The molecule has 2 aromatic carbocycles. The minimum absolute atomic E-state index is 0.343. The molecular formula is C18H22ClNS. The highest BCUT2D eigenvalue weighted by atomic mass is 35.5. The Labute approximate surface area is 137 Å². The van der Waals surface area contributed by atoms with Crippen LogP contribution in [0.15, 0.2) is 47.4 Å². The maximum Gasteiger partial charge on any atom is 0.0541 e. The Balaban J connectivity index is 2.12. The quantitative estimate of drug-likeness (QED) is 0.715. The third-order valence-corrected chi connectivity index (χ3v) is 5.23. The SMILES string of the molecule is CCNC(CSc1ccccc1Cl)c1ccc(C)c(C)c1. The summed E-state index contributed by atoms with van der Waals surface area (Å²) in [4.78, 5) is 1.14. The highest BCUT2D eigenvalue weighted by Gasteiger charge is 2.12. The summed E-state index contributed by atoms with van der Waals surface area (Å²) in [6, 6.07) is 15.1. The van der Waals surface area contributed by atoms with Crippen molar-refractivity contribution in [3.05, 3.63) is 64.2 Å². The van der Waals surface area contributed by atoms with E-state index in [9.17, 15) is 0 Å². The molecule has 0 spiro atoms. The summed E-state index contributed by atoms with van der Waals surface area (Å²) in [6.45, 7) is 7.43. The zero-order valence-electron chi connectivity index (χ0n) is 12.8. The molecule has 0 radical (unpaired) electrons. The van der Waals surface area contributed by atoms with Crippen LogP contribution in [0.5, 0.6) is 0 Å². The first-order valence-corrected chi connectivity index (χ1v) is 8.66. The molecule has 1 nitrogen and oxygen atoms in total. The van der Waals surface area contributed by atoms with Crippen molar-refractivity contribution in [3.63, 3.8) is 0 Å². The van der Waals surface area contributed by atoms with E-state index in [4.69, 9.17) is 11.6 Å². The topological polar surface area (TPSA) is 12.0 Å². The fourth-order valence-electron chi connectivity index (χ4n) is 2.24. The van der Waals surface area contributed by atoms with Crippen molar-refractivity contribution in [3.8, 4) is 0 Å². The van der Waals surface area contributed by atoms with Crippen molar-refractivity contribution in [2.45, 2.75) is 31.7 Å². The molecule has 0 saturated carbocycles. The van der Waals surface area contributed by atoms with Gasteiger partial charge >= 0.3 is 0 Å². The number of benzene rings is 2. The molecule has 0 saturated heterocycles. The number of thioether (sulfide) groups is 1. The fraction of sp³-hybridized carbons (Fsp3) is 0.333. The van der Waals surface area contributed by atoms with E-state index in [1.807, 2.05) is 18.2 Å². The predicted molar refractivity (Wildman–Crippen MR) is 94.5 cm³/mol. The Kier molecular flexibility index (Phi) is 6.16. The van der Waals surface area contributed by atoms with Crippen LogP contribution in [0.2, 0.25) is 5.02 Å². The lowest BCUT2D eigenvalue weighted by atomic mass is 10.0. The van der Waals surface area contributed by atoms with E-state index < -0.39 is 0 Å². The lowest BCUT2D eigenvalue weighted by Gasteiger charge is -2.19. The van der Waals surface area contributed by atoms with Crippen LogP contribution in [0.3, 0.4) is 0 Å². The molecule has 0 amide bonds. The second-order valence-electron chi connectivity index (χ2n) is 5.20. The average molecular weight is 320 g/mol. The van der Waals surface area contributed by atoms with Crippen molar-refractivity contribution in [1.82, 2.24) is 5.32 Å². The van der Waals surface area contributed by atoms with E-state index in [-0.39, 0.29) is 0 Å². The van der Waals surface area contributed by atoms with Crippen LogP contribution >= 0.6 is 23.4 Å². The zero-order valence-corrected chi connectivity index (χ0v) is 14.4. The van der Waals surface area contributed by atoms with Gasteiger partial charge in [0.2, 0.25) is 0 Å². The largest absolute Gasteiger partial charge is 0.309 e. The molecule has 3 heteroatoms. The van der Waals surface area contributed by atoms with E-state index in [0.717, 1.165) is 22.2 Å². The summed E-state index contributed by atoms with van der Waals surface area (Å²) >= 11 is 8.04. The molecule has 0 aliphatic rings. The molecule has 0 heterocycles. The first-order valence-electron chi connectivity index (χ1n) is 7.29. The number of hydrogen-bond donors (Lipinski definition) is 1. The van der Waals surface area contributed by atoms with Crippen LogP contribution < -0.4 is 5.32 Å². The maximum atomic E-state index is 6.24. The molecule has 1 unspecified atom stereocenters. The van der Waals surface area contributed by atoms with Gasteiger partial charge in [-0.2, -0.15) is 0 Å². The molecule has 0 fully saturated rings. The number of aryl methyl sites for hydroxylation is 2. The number of hydrogen-bond acceptors (Lipinski definition) is 2. The van der Waals surface area contributed by atoms with Gasteiger partial charge < -0.3 is 5.32 Å². The van der Waals surface area contributed by atoms with Crippen LogP contribution in [0.1, 0.15) is 29.7 Å². The standard InChI is InChI=1S/C18H22ClNS/c1-4-20-17(15-10-9-13(2)14(3)11-15)12-21-18-8-6-5-7-16(18)19/h5-11,17,20H,4,12H2,1-3H3. The molecule has 112 valence electrons. The number of nitrogens with one attached hydrogen (secondary N) is 1. The molecule has 1 atom stereocenters. The summed E-state index contributed by atoms with van der Waals surface area (Å²) in [5, 5.41) is 4.40. The lowest BCUT2D eigenvalue weighted by Crippen LogP contribution is -2.23. The lowest BCUT2D eigenvalue weighted by molar-refractivity contribution is 0.605. The summed E-state index contributed by atoms with van der Waals surface area (Å²) < 4.78 is 0. The summed E-state index contributed by atoms with van der Waals surface area (Å²) in [7, 11) is 0. The third-order valence-electron chi connectivity index (χ3n) is 3.63. The van der Waals surface area contributed by atoms with Gasteiger partial charge in [0.25, 0.3) is 0 Å². The second kappa shape index (κ2) is 7.88. The molecule has 0 aliphatic carbocycles. The predicted octanol–water partition coefficient (Wildman–Crippen LogP) is 5.40. The molecular weight excluding hydrogens is 298 g/mol. The van der Waals surface area contributed by atoms with Gasteiger partial charge in [-0.3, -0.25) is 0 Å². The van der Waals surface area contributed by atoms with Gasteiger partial charge in [0, 0.05) is 16.7 Å². The van der Waals surface area contributed by atoms with Gasteiger partial charge in [0.15, 0.2) is 0 Å². The maximum absolute atomic E-state index is 6.24. The van der Waals surface area contributed by atoms with Crippen molar-refractivity contribution >= 4 is 23.4 Å². The molecule has 1 N–H and O–H groups in total. The molecule has 0 bridgehead atoms. The fourth-order valence-corrected chi connectivity index (χ4v) is 3.57. The monoisotopic (exact) mass is 319 g/mol. The Morgan fingerprint density at radius 3 is 2.52 bits per heavy atom. The summed E-state index contributed by atoms with van der Waals surface area (Å²) in [5.74, 6) is 0.972. The van der Waals surface area contributed by atoms with E-state index in [1.54, 1.807) is 11.8 Å². The van der Waals surface area contributed by atoms with Crippen LogP contribution in [-0.2, 0) is 0 Å². The van der Waals surface area contributed by atoms with Gasteiger partial charge in [0.1, 0.15) is 0 Å². The van der Waals surface area contributed by atoms with E-state index >= 15 is 0 Å². The first-order chi connectivity index (χ1) is 10.1. The summed E-state index contributed by atoms with van der Waals surface area (Å²) in [5.41, 5.74) is 4.03. The highest BCUT2D eigenvalue weighted by Crippen LogP contribution is 2.30. The molecule has 21 heavy (non-hydrogen) atoms. The van der Waals surface area contributed by atoms with Gasteiger partial charge in [-0.15, -0.1) is 11.8 Å².